The van der Waals surface area contributed by atoms with Crippen LogP contribution in [0, 0.1) is 10.1 Å². The molecule has 32 heavy (non-hydrogen) atoms. The molecule has 10 nitrogen and oxygen atoms in total. The summed E-state index contributed by atoms with van der Waals surface area (Å²) >= 11 is 0. The first-order valence-corrected chi connectivity index (χ1v) is 10.2. The third kappa shape index (κ3) is 5.73. The highest BCUT2D eigenvalue weighted by Gasteiger charge is 2.21. The molecule has 1 N–H and O–H groups in total. The van der Waals surface area contributed by atoms with Crippen LogP contribution >= 0.6 is 0 Å². The second-order valence-corrected chi connectivity index (χ2v) is 7.29. The fourth-order valence-electron chi connectivity index (χ4n) is 3.43. The molecule has 2 aromatic carbocycles. The van der Waals surface area contributed by atoms with Gasteiger partial charge >= 0.3 is 5.97 Å². The molecule has 1 saturated heterocycles. The molecular formula is C22H26N4O6. The van der Waals surface area contributed by atoms with E-state index >= 15 is 0 Å². The molecule has 2 aromatic rings. The first-order chi connectivity index (χ1) is 15.4. The minimum Gasteiger partial charge on any atom is -0.460 e. The molecule has 3 rings (SSSR count). The Kier molecular flexibility index (Phi) is 7.61. The number of rotatable bonds is 8. The maximum Gasteiger partial charge on any atom is 0.338 e. The van der Waals surface area contributed by atoms with Crippen molar-refractivity contribution < 1.29 is 24.0 Å². The molecule has 0 aromatic heterocycles. The number of nitro groups is 1. The number of piperazine rings is 1. The fourth-order valence-corrected chi connectivity index (χ4v) is 3.43. The number of benzene rings is 2. The van der Waals surface area contributed by atoms with Gasteiger partial charge in [0.1, 0.15) is 12.3 Å². The van der Waals surface area contributed by atoms with E-state index in [4.69, 9.17) is 9.47 Å². The molecule has 0 unspecified atom stereocenters. The summed E-state index contributed by atoms with van der Waals surface area (Å²) in [6.45, 7) is 4.61. The molecule has 0 saturated carbocycles. The first kappa shape index (κ1) is 23.0. The third-order valence-corrected chi connectivity index (χ3v) is 5.17. The van der Waals surface area contributed by atoms with Crippen LogP contribution in [0.2, 0.25) is 0 Å². The van der Waals surface area contributed by atoms with Crippen LogP contribution < -0.4 is 10.2 Å². The van der Waals surface area contributed by atoms with E-state index in [-0.39, 0.29) is 36.1 Å². The van der Waals surface area contributed by atoms with Crippen LogP contribution in [-0.2, 0) is 14.3 Å². The predicted molar refractivity (Wildman–Crippen MR) is 119 cm³/mol. The van der Waals surface area contributed by atoms with E-state index in [1.54, 1.807) is 6.92 Å². The van der Waals surface area contributed by atoms with Crippen molar-refractivity contribution in [1.82, 2.24) is 4.90 Å². The number of nitro benzene ring substituents is 1. The topological polar surface area (TPSA) is 114 Å². The Morgan fingerprint density at radius 2 is 1.84 bits per heavy atom. The number of anilines is 3. The molecule has 0 aliphatic carbocycles. The Morgan fingerprint density at radius 1 is 1.09 bits per heavy atom. The van der Waals surface area contributed by atoms with Crippen molar-refractivity contribution in [1.29, 1.82) is 0 Å². The van der Waals surface area contributed by atoms with Crippen molar-refractivity contribution in [2.75, 3.05) is 56.7 Å². The lowest BCUT2D eigenvalue weighted by atomic mass is 10.1. The number of amides is 1. The number of carbonyl (C=O) groups is 2. The van der Waals surface area contributed by atoms with Crippen LogP contribution in [0.5, 0.6) is 0 Å². The zero-order chi connectivity index (χ0) is 23.1. The van der Waals surface area contributed by atoms with Gasteiger partial charge in [0, 0.05) is 57.7 Å². The lowest BCUT2D eigenvalue weighted by Crippen LogP contribution is -2.48. The number of carbonyl (C=O) groups excluding carboxylic acids is 2. The van der Waals surface area contributed by atoms with Gasteiger partial charge in [0.25, 0.3) is 5.69 Å². The van der Waals surface area contributed by atoms with Crippen molar-refractivity contribution in [3.63, 3.8) is 0 Å². The van der Waals surface area contributed by atoms with Crippen molar-refractivity contribution in [3.05, 3.63) is 58.1 Å². The molecule has 0 bridgehead atoms. The molecule has 0 atom stereocenters. The van der Waals surface area contributed by atoms with Gasteiger partial charge in [0.05, 0.1) is 17.1 Å². The average molecular weight is 442 g/mol. The molecule has 1 aliphatic rings. The van der Waals surface area contributed by atoms with Gasteiger partial charge in [0.2, 0.25) is 5.91 Å². The van der Waals surface area contributed by atoms with E-state index < -0.39 is 10.9 Å². The van der Waals surface area contributed by atoms with E-state index in [1.807, 2.05) is 29.2 Å². The van der Waals surface area contributed by atoms with Gasteiger partial charge < -0.3 is 24.6 Å². The van der Waals surface area contributed by atoms with E-state index in [9.17, 15) is 19.7 Å². The highest BCUT2D eigenvalue weighted by atomic mass is 16.6. The van der Waals surface area contributed by atoms with E-state index in [0.29, 0.717) is 31.9 Å². The van der Waals surface area contributed by atoms with Gasteiger partial charge in [-0.3, -0.25) is 14.9 Å². The average Bonchev–Trinajstić information content (AvgIpc) is 2.79. The van der Waals surface area contributed by atoms with Crippen LogP contribution in [0.4, 0.5) is 22.7 Å². The molecule has 0 radical (unpaired) electrons. The van der Waals surface area contributed by atoms with Crippen molar-refractivity contribution >= 4 is 34.6 Å². The molecule has 1 heterocycles. The van der Waals surface area contributed by atoms with Crippen molar-refractivity contribution in [3.8, 4) is 0 Å². The second-order valence-electron chi connectivity index (χ2n) is 7.29. The minimum atomic E-state index is -0.650. The molecule has 170 valence electrons. The summed E-state index contributed by atoms with van der Waals surface area (Å²) in [7, 11) is 1.49. The summed E-state index contributed by atoms with van der Waals surface area (Å²) in [4.78, 5) is 38.7. The van der Waals surface area contributed by atoms with Crippen LogP contribution in [0.25, 0.3) is 0 Å². The standard InChI is InChI=1S/C22H26N4O6/c1-16(27)24-8-10-25(11-9-24)19-5-3-4-18(15-19)23-20-7-6-17(14-21(20)26(29)30)22(28)32-13-12-31-2/h3-7,14-15,23H,8-13H2,1-2H3. The largest absolute Gasteiger partial charge is 0.460 e. The molecule has 1 aliphatic heterocycles. The number of hydrogen-bond acceptors (Lipinski definition) is 8. The summed E-state index contributed by atoms with van der Waals surface area (Å²) in [6, 6.07) is 11.7. The van der Waals surface area contributed by atoms with Gasteiger partial charge in [-0.25, -0.2) is 4.79 Å². The van der Waals surface area contributed by atoms with Crippen LogP contribution in [0.15, 0.2) is 42.5 Å². The number of ether oxygens (including phenoxy) is 2. The highest BCUT2D eigenvalue weighted by Crippen LogP contribution is 2.30. The monoisotopic (exact) mass is 442 g/mol. The number of methoxy groups -OCH3 is 1. The Hall–Kier alpha value is -3.66. The maximum atomic E-state index is 12.1. The van der Waals surface area contributed by atoms with Gasteiger partial charge in [-0.2, -0.15) is 0 Å². The summed E-state index contributed by atoms with van der Waals surface area (Å²) in [5.41, 5.74) is 1.76. The SMILES string of the molecule is COCCOC(=O)c1ccc(Nc2cccc(N3CCN(C(C)=O)CC3)c2)c([N+](=O)[O-])c1. The van der Waals surface area contributed by atoms with E-state index in [1.165, 1.54) is 25.3 Å². The minimum absolute atomic E-state index is 0.0661. The van der Waals surface area contributed by atoms with Gasteiger partial charge in [-0.05, 0) is 30.3 Å². The summed E-state index contributed by atoms with van der Waals surface area (Å²) < 4.78 is 9.86. The highest BCUT2D eigenvalue weighted by molar-refractivity contribution is 5.91. The molecule has 1 fully saturated rings. The van der Waals surface area contributed by atoms with E-state index in [2.05, 4.69) is 10.2 Å². The normalized spacial score (nSPS) is 13.6. The zero-order valence-corrected chi connectivity index (χ0v) is 18.1. The number of hydrogen-bond donors (Lipinski definition) is 1. The van der Waals surface area contributed by atoms with Gasteiger partial charge in [0.15, 0.2) is 0 Å². The van der Waals surface area contributed by atoms with Gasteiger partial charge in [-0.15, -0.1) is 0 Å². The summed E-state index contributed by atoms with van der Waals surface area (Å²) in [6.07, 6.45) is 0. The number of nitrogens with zero attached hydrogens (tertiary/aromatic N) is 3. The second kappa shape index (κ2) is 10.6. The van der Waals surface area contributed by atoms with Crippen molar-refractivity contribution in [2.24, 2.45) is 0 Å². The predicted octanol–water partition coefficient (Wildman–Crippen LogP) is 2.81. The number of nitrogens with one attached hydrogen (secondary N) is 1. The maximum absolute atomic E-state index is 12.1. The Bertz CT molecular complexity index is 988. The smallest absolute Gasteiger partial charge is 0.338 e. The molecule has 10 heteroatoms. The third-order valence-electron chi connectivity index (χ3n) is 5.17. The fraction of sp³-hybridized carbons (Fsp3) is 0.364. The summed E-state index contributed by atoms with van der Waals surface area (Å²) in [5.74, 6) is -0.582. The number of esters is 1. The van der Waals surface area contributed by atoms with Crippen molar-refractivity contribution in [2.45, 2.75) is 6.92 Å². The lowest BCUT2D eigenvalue weighted by Gasteiger charge is -2.35. The van der Waals surface area contributed by atoms with Gasteiger partial charge in [-0.1, -0.05) is 6.07 Å². The Morgan fingerprint density at radius 3 is 2.50 bits per heavy atom. The van der Waals surface area contributed by atoms with Crippen LogP contribution in [0.1, 0.15) is 17.3 Å². The first-order valence-electron chi connectivity index (χ1n) is 10.2. The van der Waals surface area contributed by atoms with E-state index in [0.717, 1.165) is 5.69 Å². The molecule has 1 amide bonds. The van der Waals surface area contributed by atoms with Crippen LogP contribution in [0.3, 0.4) is 0 Å². The zero-order valence-electron chi connectivity index (χ0n) is 18.1. The lowest BCUT2D eigenvalue weighted by molar-refractivity contribution is -0.383. The Labute approximate surface area is 185 Å². The van der Waals surface area contributed by atoms with Crippen LogP contribution in [-0.4, -0.2) is 68.2 Å². The summed E-state index contributed by atoms with van der Waals surface area (Å²) in [5, 5.41) is 14.7. The molecular weight excluding hydrogens is 416 g/mol. The quantitative estimate of drug-likeness (QED) is 0.287. The molecule has 0 spiro atoms. The Balaban J connectivity index is 1.74.